The van der Waals surface area contributed by atoms with Crippen LogP contribution in [0.5, 0.6) is 0 Å². The van der Waals surface area contributed by atoms with E-state index in [1.165, 1.54) is 21.8 Å². The topological polar surface area (TPSA) is 58.4 Å². The second-order valence-corrected chi connectivity index (χ2v) is 4.46. The van der Waals surface area contributed by atoms with E-state index in [4.69, 9.17) is 5.11 Å². The minimum Gasteiger partial charge on any atom is -0.395 e. The molecule has 2 rings (SSSR count). The Kier molecular flexibility index (Phi) is 4.14. The standard InChI is InChI=1S/C14H16FN3O2/c1-10-11(14(20)17(2)7-8-19)9-16-18(10)13-6-4-3-5-12(13)15/h3-6,9,19H,7-8H2,1-2H3. The maximum atomic E-state index is 13.8. The van der Waals surface area contributed by atoms with Crippen LogP contribution in [0.2, 0.25) is 0 Å². The van der Waals surface area contributed by atoms with Gasteiger partial charge in [-0.3, -0.25) is 4.79 Å². The van der Waals surface area contributed by atoms with Crippen molar-refractivity contribution in [2.24, 2.45) is 0 Å². The summed E-state index contributed by atoms with van der Waals surface area (Å²) in [5.74, 6) is -0.652. The van der Waals surface area contributed by atoms with Crippen LogP contribution in [0.25, 0.3) is 5.69 Å². The summed E-state index contributed by atoms with van der Waals surface area (Å²) in [6, 6.07) is 6.24. The molecule has 1 amide bonds. The van der Waals surface area contributed by atoms with Crippen molar-refractivity contribution in [3.05, 3.63) is 47.5 Å². The number of halogens is 1. The fourth-order valence-electron chi connectivity index (χ4n) is 1.94. The van der Waals surface area contributed by atoms with Gasteiger partial charge in [-0.05, 0) is 19.1 Å². The molecule has 0 radical (unpaired) electrons. The summed E-state index contributed by atoms with van der Waals surface area (Å²) in [7, 11) is 1.60. The highest BCUT2D eigenvalue weighted by Crippen LogP contribution is 2.17. The first kappa shape index (κ1) is 14.2. The van der Waals surface area contributed by atoms with Gasteiger partial charge in [0.1, 0.15) is 11.5 Å². The van der Waals surface area contributed by atoms with Crippen LogP contribution in [0.3, 0.4) is 0 Å². The van der Waals surface area contributed by atoms with E-state index >= 15 is 0 Å². The lowest BCUT2D eigenvalue weighted by Crippen LogP contribution is -2.29. The molecule has 1 aromatic heterocycles. The molecular formula is C14H16FN3O2. The van der Waals surface area contributed by atoms with Crippen LogP contribution in [-0.2, 0) is 0 Å². The highest BCUT2D eigenvalue weighted by atomic mass is 19.1. The van der Waals surface area contributed by atoms with E-state index in [-0.39, 0.29) is 19.1 Å². The number of hydrogen-bond donors (Lipinski definition) is 1. The van der Waals surface area contributed by atoms with E-state index in [9.17, 15) is 9.18 Å². The Balaban J connectivity index is 2.37. The third-order valence-electron chi connectivity index (χ3n) is 3.10. The number of likely N-dealkylation sites (N-methyl/N-ethyl adjacent to an activating group) is 1. The molecule has 1 heterocycles. The molecule has 0 aliphatic heterocycles. The van der Waals surface area contributed by atoms with Crippen LogP contribution in [0.4, 0.5) is 4.39 Å². The number of aromatic nitrogens is 2. The van der Waals surface area contributed by atoms with Crippen molar-refractivity contribution in [2.45, 2.75) is 6.92 Å². The second-order valence-electron chi connectivity index (χ2n) is 4.46. The zero-order valence-electron chi connectivity index (χ0n) is 11.4. The third kappa shape index (κ3) is 2.55. The number of aliphatic hydroxyl groups is 1. The minimum atomic E-state index is -0.401. The number of para-hydroxylation sites is 1. The van der Waals surface area contributed by atoms with Gasteiger partial charge in [-0.25, -0.2) is 9.07 Å². The monoisotopic (exact) mass is 277 g/mol. The number of carbonyl (C=O) groups is 1. The largest absolute Gasteiger partial charge is 0.395 e. The van der Waals surface area contributed by atoms with E-state index in [0.717, 1.165) is 0 Å². The van der Waals surface area contributed by atoms with Crippen LogP contribution in [-0.4, -0.2) is 45.9 Å². The highest BCUT2D eigenvalue weighted by molar-refractivity contribution is 5.95. The zero-order valence-corrected chi connectivity index (χ0v) is 11.4. The van der Waals surface area contributed by atoms with Crippen LogP contribution in [0, 0.1) is 12.7 Å². The first-order chi connectivity index (χ1) is 9.56. The third-order valence-corrected chi connectivity index (χ3v) is 3.10. The summed E-state index contributed by atoms with van der Waals surface area (Å²) in [5, 5.41) is 12.9. The van der Waals surface area contributed by atoms with Crippen molar-refractivity contribution in [2.75, 3.05) is 20.2 Å². The first-order valence-electron chi connectivity index (χ1n) is 6.22. The molecule has 0 bridgehead atoms. The molecule has 2 aromatic rings. The van der Waals surface area contributed by atoms with Crippen molar-refractivity contribution in [3.8, 4) is 5.69 Å². The summed E-state index contributed by atoms with van der Waals surface area (Å²) in [5.41, 5.74) is 1.25. The van der Waals surface area contributed by atoms with Gasteiger partial charge in [0.05, 0.1) is 24.1 Å². The van der Waals surface area contributed by atoms with Crippen molar-refractivity contribution in [3.63, 3.8) is 0 Å². The van der Waals surface area contributed by atoms with Gasteiger partial charge in [-0.1, -0.05) is 12.1 Å². The molecule has 0 aliphatic rings. The van der Waals surface area contributed by atoms with Crippen molar-refractivity contribution >= 4 is 5.91 Å². The zero-order chi connectivity index (χ0) is 14.7. The van der Waals surface area contributed by atoms with E-state index in [1.54, 1.807) is 32.2 Å². The lowest BCUT2D eigenvalue weighted by atomic mass is 10.2. The Hall–Kier alpha value is -2.21. The summed E-state index contributed by atoms with van der Waals surface area (Å²) in [4.78, 5) is 13.6. The number of amides is 1. The van der Waals surface area contributed by atoms with Crippen LogP contribution in [0.1, 0.15) is 16.1 Å². The number of carbonyl (C=O) groups excluding carboxylic acids is 1. The Morgan fingerprint density at radius 2 is 2.15 bits per heavy atom. The lowest BCUT2D eigenvalue weighted by molar-refractivity contribution is 0.0766. The summed E-state index contributed by atoms with van der Waals surface area (Å²) >= 11 is 0. The van der Waals surface area contributed by atoms with Gasteiger partial charge < -0.3 is 10.0 Å². The van der Waals surface area contributed by atoms with Crippen LogP contribution in [0.15, 0.2) is 30.5 Å². The quantitative estimate of drug-likeness (QED) is 0.918. The first-order valence-corrected chi connectivity index (χ1v) is 6.22. The molecule has 1 aromatic carbocycles. The molecule has 0 aliphatic carbocycles. The molecule has 0 saturated heterocycles. The van der Waals surface area contributed by atoms with Gasteiger partial charge in [0.2, 0.25) is 0 Å². The molecule has 0 saturated carbocycles. The number of hydrogen-bond acceptors (Lipinski definition) is 3. The molecule has 6 heteroatoms. The number of rotatable bonds is 4. The molecule has 106 valence electrons. The Morgan fingerprint density at radius 1 is 1.45 bits per heavy atom. The fourth-order valence-corrected chi connectivity index (χ4v) is 1.94. The molecule has 5 nitrogen and oxygen atoms in total. The molecule has 0 atom stereocenters. The number of aliphatic hydroxyl groups excluding tert-OH is 1. The predicted molar refractivity (Wildman–Crippen MR) is 72.3 cm³/mol. The molecular weight excluding hydrogens is 261 g/mol. The van der Waals surface area contributed by atoms with E-state index < -0.39 is 5.82 Å². The summed E-state index contributed by atoms with van der Waals surface area (Å²) < 4.78 is 15.2. The maximum Gasteiger partial charge on any atom is 0.257 e. The SMILES string of the molecule is Cc1c(C(=O)N(C)CCO)cnn1-c1ccccc1F. The van der Waals surface area contributed by atoms with Crippen molar-refractivity contribution in [1.82, 2.24) is 14.7 Å². The lowest BCUT2D eigenvalue weighted by Gasteiger charge is -2.15. The number of nitrogens with zero attached hydrogens (tertiary/aromatic N) is 3. The molecule has 0 fully saturated rings. The van der Waals surface area contributed by atoms with E-state index in [0.29, 0.717) is 16.9 Å². The Bertz CT molecular complexity index is 625. The highest BCUT2D eigenvalue weighted by Gasteiger charge is 2.19. The van der Waals surface area contributed by atoms with Gasteiger partial charge in [0, 0.05) is 13.6 Å². The molecule has 0 unspecified atom stereocenters. The smallest absolute Gasteiger partial charge is 0.257 e. The maximum absolute atomic E-state index is 13.8. The van der Waals surface area contributed by atoms with E-state index in [1.807, 2.05) is 0 Å². The molecule has 1 N–H and O–H groups in total. The van der Waals surface area contributed by atoms with Crippen LogP contribution >= 0.6 is 0 Å². The normalized spacial score (nSPS) is 10.6. The summed E-state index contributed by atoms with van der Waals surface area (Å²) in [6.07, 6.45) is 1.41. The fraction of sp³-hybridized carbons (Fsp3) is 0.286. The van der Waals surface area contributed by atoms with Crippen LogP contribution < -0.4 is 0 Å². The van der Waals surface area contributed by atoms with Crippen molar-refractivity contribution in [1.29, 1.82) is 0 Å². The Labute approximate surface area is 116 Å². The van der Waals surface area contributed by atoms with E-state index in [2.05, 4.69) is 5.10 Å². The van der Waals surface area contributed by atoms with Crippen molar-refractivity contribution < 1.29 is 14.3 Å². The van der Waals surface area contributed by atoms with Gasteiger partial charge in [0.25, 0.3) is 5.91 Å². The second kappa shape index (κ2) is 5.83. The van der Waals surface area contributed by atoms with Gasteiger partial charge in [-0.15, -0.1) is 0 Å². The molecule has 20 heavy (non-hydrogen) atoms. The minimum absolute atomic E-state index is 0.108. The van der Waals surface area contributed by atoms with Gasteiger partial charge >= 0.3 is 0 Å². The Morgan fingerprint density at radius 3 is 2.80 bits per heavy atom. The average Bonchev–Trinajstić information content (AvgIpc) is 2.80. The van der Waals surface area contributed by atoms with Gasteiger partial charge in [0.15, 0.2) is 0 Å². The average molecular weight is 277 g/mol. The summed E-state index contributed by atoms with van der Waals surface area (Å²) in [6.45, 7) is 1.84. The number of benzene rings is 1. The van der Waals surface area contributed by atoms with Gasteiger partial charge in [-0.2, -0.15) is 5.10 Å². The predicted octanol–water partition coefficient (Wildman–Crippen LogP) is 1.38. The molecule has 0 spiro atoms.